The Labute approximate surface area is 351 Å². The van der Waals surface area contributed by atoms with Crippen LogP contribution < -0.4 is 5.32 Å². The third-order valence-corrected chi connectivity index (χ3v) is 10.3. The molecule has 0 aromatic heterocycles. The Morgan fingerprint density at radius 2 is 0.965 bits per heavy atom. The summed E-state index contributed by atoms with van der Waals surface area (Å²) in [5.41, 5.74) is 0. The molecule has 3 unspecified atom stereocenters. The first-order valence-electron chi connectivity index (χ1n) is 23.7. The lowest BCUT2D eigenvalue weighted by Crippen LogP contribution is -2.46. The highest BCUT2D eigenvalue weighted by Gasteiger charge is 2.23. The highest BCUT2D eigenvalue weighted by molar-refractivity contribution is 5.77. The second kappa shape index (κ2) is 44.4. The average Bonchev–Trinajstić information content (AvgIpc) is 3.20. The van der Waals surface area contributed by atoms with E-state index >= 15 is 0 Å². The van der Waals surface area contributed by atoms with Gasteiger partial charge in [-0.2, -0.15) is 0 Å². The van der Waals surface area contributed by atoms with Crippen LogP contribution in [0.4, 0.5) is 0 Å². The summed E-state index contributed by atoms with van der Waals surface area (Å²) >= 11 is 0. The lowest BCUT2D eigenvalue weighted by atomic mass is 10.0. The van der Waals surface area contributed by atoms with Crippen LogP contribution in [0.3, 0.4) is 0 Å². The Hall–Kier alpha value is -2.70. The molecule has 0 saturated carbocycles. The molecule has 0 rings (SSSR count). The third-order valence-electron chi connectivity index (χ3n) is 10.3. The molecule has 6 nitrogen and oxygen atoms in total. The summed E-state index contributed by atoms with van der Waals surface area (Å²) in [6, 6.07) is -0.721. The van der Waals surface area contributed by atoms with Crippen molar-refractivity contribution in [3.63, 3.8) is 0 Å². The SMILES string of the molecule is CC/C=C\C/C=C\C/C=C\C/C=C\C/C=C\CCCC(=O)OC(CCC/C=C\CCCCCCCC)CC(=O)NC(CO)C(O)CCCCCCCCCCCC. The molecule has 0 fully saturated rings. The van der Waals surface area contributed by atoms with Crippen LogP contribution in [0.15, 0.2) is 72.9 Å². The van der Waals surface area contributed by atoms with Gasteiger partial charge in [0.05, 0.1) is 25.2 Å². The molecular formula is C51H89NO5. The summed E-state index contributed by atoms with van der Waals surface area (Å²) in [5, 5.41) is 23.6. The van der Waals surface area contributed by atoms with E-state index in [0.717, 1.165) is 77.0 Å². The van der Waals surface area contributed by atoms with Crippen molar-refractivity contribution in [2.45, 2.75) is 232 Å². The van der Waals surface area contributed by atoms with Gasteiger partial charge in [0.2, 0.25) is 5.91 Å². The van der Waals surface area contributed by atoms with Gasteiger partial charge in [0.1, 0.15) is 6.10 Å². The van der Waals surface area contributed by atoms with Crippen molar-refractivity contribution in [2.75, 3.05) is 6.61 Å². The summed E-state index contributed by atoms with van der Waals surface area (Å²) in [4.78, 5) is 26.0. The first kappa shape index (κ1) is 54.3. The molecule has 0 radical (unpaired) electrons. The molecule has 1 amide bonds. The molecule has 57 heavy (non-hydrogen) atoms. The lowest BCUT2D eigenvalue weighted by molar-refractivity contribution is -0.151. The molecule has 0 heterocycles. The number of rotatable bonds is 41. The summed E-state index contributed by atoms with van der Waals surface area (Å²) in [7, 11) is 0. The molecule has 0 aliphatic carbocycles. The number of aliphatic hydroxyl groups excluding tert-OH is 2. The fourth-order valence-electron chi connectivity index (χ4n) is 6.70. The topological polar surface area (TPSA) is 95.9 Å². The first-order valence-corrected chi connectivity index (χ1v) is 23.7. The number of hydrogen-bond acceptors (Lipinski definition) is 5. The van der Waals surface area contributed by atoms with Gasteiger partial charge in [0.25, 0.3) is 0 Å². The second-order valence-corrected chi connectivity index (χ2v) is 15.8. The number of esters is 1. The van der Waals surface area contributed by atoms with Gasteiger partial charge in [-0.15, -0.1) is 0 Å². The van der Waals surface area contributed by atoms with E-state index in [0.29, 0.717) is 25.7 Å². The van der Waals surface area contributed by atoms with Crippen LogP contribution in [0.2, 0.25) is 0 Å². The zero-order chi connectivity index (χ0) is 41.7. The number of carbonyl (C=O) groups is 2. The highest BCUT2D eigenvalue weighted by atomic mass is 16.5. The number of aliphatic hydroxyl groups is 2. The molecular weight excluding hydrogens is 707 g/mol. The number of nitrogens with one attached hydrogen (secondary N) is 1. The van der Waals surface area contributed by atoms with E-state index in [4.69, 9.17) is 4.74 Å². The van der Waals surface area contributed by atoms with Crippen molar-refractivity contribution < 1.29 is 24.5 Å². The Bertz CT molecular complexity index is 1070. The van der Waals surface area contributed by atoms with Crippen LogP contribution in [0.25, 0.3) is 0 Å². The first-order chi connectivity index (χ1) is 28.0. The maximum Gasteiger partial charge on any atom is 0.306 e. The number of ether oxygens (including phenoxy) is 1. The number of unbranched alkanes of at least 4 members (excludes halogenated alkanes) is 17. The zero-order valence-electron chi connectivity index (χ0n) is 37.2. The fraction of sp³-hybridized carbons (Fsp3) is 0.725. The Kier molecular flexibility index (Phi) is 42.3. The van der Waals surface area contributed by atoms with Gasteiger partial charge in [0, 0.05) is 6.42 Å². The van der Waals surface area contributed by atoms with E-state index in [2.05, 4.69) is 99.0 Å². The third kappa shape index (κ3) is 39.9. The zero-order valence-corrected chi connectivity index (χ0v) is 37.2. The summed E-state index contributed by atoms with van der Waals surface area (Å²) < 4.78 is 5.86. The standard InChI is InChI=1S/C51H89NO5/c1-4-7-10-13-16-19-22-23-24-25-26-27-29-32-35-38-41-44-51(56)57-47(42-39-36-33-30-28-20-17-14-11-8-5-2)45-50(55)52-48(46-53)49(54)43-40-37-34-31-21-18-15-12-9-6-3/h7,10,16,19,23-24,26-27,30,32-33,35,47-49,53-54H,4-6,8-9,11-15,17-18,20-22,25,28-29,31,34,36-46H2,1-3H3,(H,52,55)/b10-7-,19-16-,24-23-,27-26-,33-30-,35-32-. The minimum Gasteiger partial charge on any atom is -0.462 e. The molecule has 0 spiro atoms. The van der Waals surface area contributed by atoms with E-state index in [1.165, 1.54) is 83.5 Å². The van der Waals surface area contributed by atoms with Gasteiger partial charge in [-0.05, 0) is 83.5 Å². The van der Waals surface area contributed by atoms with E-state index < -0.39 is 18.2 Å². The van der Waals surface area contributed by atoms with Crippen LogP contribution in [0.5, 0.6) is 0 Å². The number of carbonyl (C=O) groups excluding carboxylic acids is 2. The van der Waals surface area contributed by atoms with E-state index in [1.807, 2.05) is 0 Å². The summed E-state index contributed by atoms with van der Waals surface area (Å²) in [6.07, 6.45) is 55.4. The van der Waals surface area contributed by atoms with Gasteiger partial charge in [-0.25, -0.2) is 0 Å². The maximum atomic E-state index is 13.1. The number of amides is 1. The van der Waals surface area contributed by atoms with Gasteiger partial charge in [-0.3, -0.25) is 9.59 Å². The van der Waals surface area contributed by atoms with Crippen molar-refractivity contribution in [3.8, 4) is 0 Å². The quantitative estimate of drug-likeness (QED) is 0.0325. The molecule has 3 N–H and O–H groups in total. The van der Waals surface area contributed by atoms with Crippen LogP contribution in [0, 0.1) is 0 Å². The maximum absolute atomic E-state index is 13.1. The molecule has 0 aromatic rings. The second-order valence-electron chi connectivity index (χ2n) is 15.8. The Morgan fingerprint density at radius 3 is 1.49 bits per heavy atom. The predicted octanol–water partition coefficient (Wildman–Crippen LogP) is 13.8. The predicted molar refractivity (Wildman–Crippen MR) is 245 cm³/mol. The largest absolute Gasteiger partial charge is 0.462 e. The van der Waals surface area contributed by atoms with Gasteiger partial charge in [0.15, 0.2) is 0 Å². The number of allylic oxidation sites excluding steroid dienone is 12. The molecule has 0 aromatic carbocycles. The summed E-state index contributed by atoms with van der Waals surface area (Å²) in [6.45, 7) is 6.31. The van der Waals surface area contributed by atoms with Crippen molar-refractivity contribution >= 4 is 11.9 Å². The Balaban J connectivity index is 4.70. The van der Waals surface area contributed by atoms with Crippen LogP contribution in [-0.2, 0) is 14.3 Å². The molecule has 0 aliphatic rings. The average molecular weight is 796 g/mol. The minimum atomic E-state index is -0.804. The van der Waals surface area contributed by atoms with Gasteiger partial charge < -0.3 is 20.3 Å². The van der Waals surface area contributed by atoms with Crippen molar-refractivity contribution in [1.82, 2.24) is 5.32 Å². The van der Waals surface area contributed by atoms with Crippen LogP contribution in [0.1, 0.15) is 213 Å². The monoisotopic (exact) mass is 796 g/mol. The van der Waals surface area contributed by atoms with Crippen LogP contribution >= 0.6 is 0 Å². The van der Waals surface area contributed by atoms with Crippen LogP contribution in [-0.4, -0.2) is 46.9 Å². The molecule has 3 atom stereocenters. The van der Waals surface area contributed by atoms with Crippen molar-refractivity contribution in [1.29, 1.82) is 0 Å². The molecule has 0 aliphatic heterocycles. The van der Waals surface area contributed by atoms with E-state index in [1.54, 1.807) is 0 Å². The van der Waals surface area contributed by atoms with Crippen molar-refractivity contribution in [3.05, 3.63) is 72.9 Å². The molecule has 6 heteroatoms. The smallest absolute Gasteiger partial charge is 0.306 e. The minimum absolute atomic E-state index is 0.0312. The molecule has 328 valence electrons. The Morgan fingerprint density at radius 1 is 0.526 bits per heavy atom. The van der Waals surface area contributed by atoms with Gasteiger partial charge >= 0.3 is 5.97 Å². The lowest BCUT2D eigenvalue weighted by Gasteiger charge is -2.24. The normalized spacial score (nSPS) is 14.0. The summed E-state index contributed by atoms with van der Waals surface area (Å²) in [5.74, 6) is -0.579. The number of hydrogen-bond donors (Lipinski definition) is 3. The van der Waals surface area contributed by atoms with E-state index in [9.17, 15) is 19.8 Å². The van der Waals surface area contributed by atoms with E-state index in [-0.39, 0.29) is 24.9 Å². The molecule has 0 bridgehead atoms. The highest BCUT2D eigenvalue weighted by Crippen LogP contribution is 2.16. The van der Waals surface area contributed by atoms with Gasteiger partial charge in [-0.1, -0.05) is 190 Å². The fourth-order valence-corrected chi connectivity index (χ4v) is 6.70. The van der Waals surface area contributed by atoms with Crippen molar-refractivity contribution in [2.24, 2.45) is 0 Å². The molecule has 0 saturated heterocycles.